The Labute approximate surface area is 110 Å². The molecule has 0 aliphatic rings. The molecule has 0 amide bonds. The van der Waals surface area contributed by atoms with Crippen molar-refractivity contribution in [2.75, 3.05) is 7.11 Å². The summed E-state index contributed by atoms with van der Waals surface area (Å²) in [6, 6.07) is 11.5. The highest BCUT2D eigenvalue weighted by Crippen LogP contribution is 2.23. The molecule has 0 bridgehead atoms. The van der Waals surface area contributed by atoms with Crippen LogP contribution in [0.3, 0.4) is 0 Å². The summed E-state index contributed by atoms with van der Waals surface area (Å²) in [7, 11) is 1.65. The molecular weight excluding hydrogens is 240 g/mol. The molecule has 0 spiro atoms. The van der Waals surface area contributed by atoms with E-state index in [4.69, 9.17) is 4.74 Å². The molecule has 3 aromatic rings. The molecule has 2 heterocycles. The molecule has 0 saturated carbocycles. The number of fused-ring (bicyclic) bond motifs is 1. The van der Waals surface area contributed by atoms with Crippen molar-refractivity contribution in [1.29, 1.82) is 0 Å². The molecular formula is C15H14N2O2. The second kappa shape index (κ2) is 4.74. The van der Waals surface area contributed by atoms with E-state index in [2.05, 4.69) is 4.98 Å². The van der Waals surface area contributed by atoms with Gasteiger partial charge in [0.15, 0.2) is 0 Å². The van der Waals surface area contributed by atoms with Gasteiger partial charge in [0.05, 0.1) is 19.4 Å². The zero-order chi connectivity index (χ0) is 13.2. The Morgan fingerprint density at radius 2 is 2.00 bits per heavy atom. The number of benzene rings is 1. The fourth-order valence-corrected chi connectivity index (χ4v) is 2.10. The van der Waals surface area contributed by atoms with Crippen molar-refractivity contribution in [3.8, 4) is 17.0 Å². The number of imidazole rings is 1. The summed E-state index contributed by atoms with van der Waals surface area (Å²) in [4.78, 5) is 4.57. The minimum Gasteiger partial charge on any atom is -0.497 e. The molecule has 19 heavy (non-hydrogen) atoms. The van der Waals surface area contributed by atoms with Gasteiger partial charge in [-0.3, -0.25) is 0 Å². The van der Waals surface area contributed by atoms with Crippen LogP contribution < -0.4 is 4.74 Å². The topological polar surface area (TPSA) is 46.8 Å². The van der Waals surface area contributed by atoms with E-state index in [1.54, 1.807) is 7.11 Å². The second-order valence-corrected chi connectivity index (χ2v) is 4.28. The van der Waals surface area contributed by atoms with Crippen LogP contribution in [-0.4, -0.2) is 21.6 Å². The summed E-state index contributed by atoms with van der Waals surface area (Å²) >= 11 is 0. The highest BCUT2D eigenvalue weighted by atomic mass is 16.5. The number of pyridine rings is 1. The molecule has 4 nitrogen and oxygen atoms in total. The molecule has 0 unspecified atom stereocenters. The normalized spacial score (nSPS) is 10.8. The Hall–Kier alpha value is -2.33. The highest BCUT2D eigenvalue weighted by molar-refractivity contribution is 5.64. The minimum atomic E-state index is -0.0105. The number of ether oxygens (including phenoxy) is 1. The zero-order valence-corrected chi connectivity index (χ0v) is 10.6. The molecule has 0 radical (unpaired) electrons. The van der Waals surface area contributed by atoms with Gasteiger partial charge in [-0.2, -0.15) is 0 Å². The van der Waals surface area contributed by atoms with Crippen LogP contribution in [0.25, 0.3) is 16.9 Å². The first-order chi connectivity index (χ1) is 9.31. The smallest absolute Gasteiger partial charge is 0.142 e. The summed E-state index contributed by atoms with van der Waals surface area (Å²) in [5.74, 6) is 0.823. The van der Waals surface area contributed by atoms with Crippen molar-refractivity contribution in [2.24, 2.45) is 0 Å². The Kier molecular flexibility index (Phi) is 2.93. The third kappa shape index (κ3) is 2.06. The molecule has 0 saturated heterocycles. The minimum absolute atomic E-state index is 0.0105. The average Bonchev–Trinajstić information content (AvgIpc) is 2.91. The van der Waals surface area contributed by atoms with Gasteiger partial charge in [0.25, 0.3) is 0 Å². The lowest BCUT2D eigenvalue weighted by Gasteiger charge is -2.00. The van der Waals surface area contributed by atoms with E-state index in [1.165, 1.54) is 0 Å². The van der Waals surface area contributed by atoms with Crippen LogP contribution in [0.15, 0.2) is 48.8 Å². The highest BCUT2D eigenvalue weighted by Gasteiger charge is 2.07. The van der Waals surface area contributed by atoms with Crippen molar-refractivity contribution < 1.29 is 9.84 Å². The lowest BCUT2D eigenvalue weighted by Crippen LogP contribution is -1.90. The first-order valence-electron chi connectivity index (χ1n) is 6.03. The number of rotatable bonds is 3. The van der Waals surface area contributed by atoms with E-state index in [0.29, 0.717) is 0 Å². The number of methoxy groups -OCH3 is 1. The van der Waals surface area contributed by atoms with Crippen LogP contribution in [0, 0.1) is 0 Å². The van der Waals surface area contributed by atoms with E-state index >= 15 is 0 Å². The quantitative estimate of drug-likeness (QED) is 0.781. The van der Waals surface area contributed by atoms with E-state index in [-0.39, 0.29) is 6.61 Å². The first kappa shape index (κ1) is 11.7. The Morgan fingerprint density at radius 3 is 2.68 bits per heavy atom. The fourth-order valence-electron chi connectivity index (χ4n) is 2.10. The fraction of sp³-hybridized carbons (Fsp3) is 0.133. The lowest BCUT2D eigenvalue weighted by atomic mass is 10.2. The van der Waals surface area contributed by atoms with Gasteiger partial charge >= 0.3 is 0 Å². The standard InChI is InChI=1S/C15H14N2O2/c1-19-13-6-4-11(5-7-13)14-9-17-8-2-3-12(10-18)15(17)16-14/h2-9,18H,10H2,1H3. The van der Waals surface area contributed by atoms with Gasteiger partial charge in [0, 0.05) is 23.5 Å². The predicted octanol–water partition coefficient (Wildman–Crippen LogP) is 2.50. The molecule has 1 aromatic carbocycles. The molecule has 0 aliphatic carbocycles. The molecule has 4 heteroatoms. The molecule has 2 aromatic heterocycles. The van der Waals surface area contributed by atoms with Gasteiger partial charge in [-0.25, -0.2) is 4.98 Å². The van der Waals surface area contributed by atoms with Crippen LogP contribution in [0.1, 0.15) is 5.56 Å². The van der Waals surface area contributed by atoms with Crippen LogP contribution in [0.5, 0.6) is 5.75 Å². The van der Waals surface area contributed by atoms with E-state index in [9.17, 15) is 5.11 Å². The third-order valence-electron chi connectivity index (χ3n) is 3.12. The van der Waals surface area contributed by atoms with E-state index < -0.39 is 0 Å². The Balaban J connectivity index is 2.09. The zero-order valence-electron chi connectivity index (χ0n) is 10.6. The van der Waals surface area contributed by atoms with Crippen LogP contribution in [0.2, 0.25) is 0 Å². The van der Waals surface area contributed by atoms with E-state index in [1.807, 2.05) is 53.2 Å². The van der Waals surface area contributed by atoms with Gasteiger partial charge in [0.1, 0.15) is 11.4 Å². The van der Waals surface area contributed by atoms with Crippen molar-refractivity contribution >= 4 is 5.65 Å². The van der Waals surface area contributed by atoms with E-state index in [0.717, 1.165) is 28.2 Å². The van der Waals surface area contributed by atoms with Crippen LogP contribution in [0.4, 0.5) is 0 Å². The molecule has 0 atom stereocenters. The third-order valence-corrected chi connectivity index (χ3v) is 3.12. The molecule has 0 fully saturated rings. The summed E-state index contributed by atoms with van der Waals surface area (Å²) < 4.78 is 7.06. The summed E-state index contributed by atoms with van der Waals surface area (Å²) in [5, 5.41) is 9.31. The van der Waals surface area contributed by atoms with Crippen molar-refractivity contribution in [1.82, 2.24) is 9.38 Å². The number of aliphatic hydroxyl groups excluding tert-OH is 1. The average molecular weight is 254 g/mol. The molecule has 3 rings (SSSR count). The number of aliphatic hydroxyl groups is 1. The van der Waals surface area contributed by atoms with Crippen LogP contribution >= 0.6 is 0 Å². The van der Waals surface area contributed by atoms with Gasteiger partial charge in [-0.1, -0.05) is 6.07 Å². The van der Waals surface area contributed by atoms with Crippen molar-refractivity contribution in [2.45, 2.75) is 6.61 Å². The second-order valence-electron chi connectivity index (χ2n) is 4.28. The number of aromatic nitrogens is 2. The summed E-state index contributed by atoms with van der Waals surface area (Å²) in [5.41, 5.74) is 3.51. The van der Waals surface area contributed by atoms with Gasteiger partial charge in [-0.05, 0) is 30.3 Å². The Bertz CT molecular complexity index is 702. The SMILES string of the molecule is COc1ccc(-c2cn3cccc(CO)c3n2)cc1. The van der Waals surface area contributed by atoms with Gasteiger partial charge in [-0.15, -0.1) is 0 Å². The van der Waals surface area contributed by atoms with Gasteiger partial charge < -0.3 is 14.2 Å². The number of hydrogen-bond acceptors (Lipinski definition) is 3. The maximum absolute atomic E-state index is 9.31. The number of hydrogen-bond donors (Lipinski definition) is 1. The van der Waals surface area contributed by atoms with Crippen LogP contribution in [-0.2, 0) is 6.61 Å². The first-order valence-corrected chi connectivity index (χ1v) is 6.03. The Morgan fingerprint density at radius 1 is 1.21 bits per heavy atom. The number of nitrogens with zero attached hydrogens (tertiary/aromatic N) is 2. The predicted molar refractivity (Wildman–Crippen MR) is 73.1 cm³/mol. The largest absolute Gasteiger partial charge is 0.497 e. The monoisotopic (exact) mass is 254 g/mol. The maximum Gasteiger partial charge on any atom is 0.142 e. The van der Waals surface area contributed by atoms with Crippen molar-refractivity contribution in [3.63, 3.8) is 0 Å². The van der Waals surface area contributed by atoms with Crippen molar-refractivity contribution in [3.05, 3.63) is 54.4 Å². The summed E-state index contributed by atoms with van der Waals surface area (Å²) in [6.45, 7) is -0.0105. The summed E-state index contributed by atoms with van der Waals surface area (Å²) in [6.07, 6.45) is 3.88. The maximum atomic E-state index is 9.31. The molecule has 96 valence electrons. The lowest BCUT2D eigenvalue weighted by molar-refractivity contribution is 0.282. The van der Waals surface area contributed by atoms with Gasteiger partial charge in [0.2, 0.25) is 0 Å². The molecule has 0 aliphatic heterocycles. The molecule has 1 N–H and O–H groups in total.